The zero-order valence-electron chi connectivity index (χ0n) is 14.5. The third-order valence-corrected chi connectivity index (χ3v) is 4.73. The minimum atomic E-state index is -2.27. The molecule has 0 bridgehead atoms. The molecule has 8 heteroatoms. The van der Waals surface area contributed by atoms with Crippen molar-refractivity contribution < 1.29 is 30.0 Å². The predicted octanol–water partition coefficient (Wildman–Crippen LogP) is -0.252. The van der Waals surface area contributed by atoms with E-state index in [2.05, 4.69) is 40.5 Å². The van der Waals surface area contributed by atoms with Crippen LogP contribution in [0.15, 0.2) is 30.3 Å². The molecule has 5 N–H and O–H groups in total. The fraction of sp³-hybridized carbons (Fsp3) is 0.556. The predicted molar refractivity (Wildman–Crippen MR) is 93.5 cm³/mol. The van der Waals surface area contributed by atoms with Crippen LogP contribution in [0.25, 0.3) is 0 Å². The van der Waals surface area contributed by atoms with Crippen molar-refractivity contribution in [1.82, 2.24) is 10.2 Å². The molecule has 0 radical (unpaired) electrons. The summed E-state index contributed by atoms with van der Waals surface area (Å²) in [6, 6.07) is 11.6. The number of hydrogen-bond donors (Lipinski definition) is 5. The van der Waals surface area contributed by atoms with E-state index in [1.807, 2.05) is 0 Å². The second-order valence-corrected chi connectivity index (χ2v) is 6.71. The Morgan fingerprint density at radius 3 is 2.23 bits per heavy atom. The molecule has 0 saturated carbocycles. The average molecular weight is 366 g/mol. The largest absolute Gasteiger partial charge is 0.479 e. The number of piperidine rings is 1. The van der Waals surface area contributed by atoms with E-state index >= 15 is 0 Å². The van der Waals surface area contributed by atoms with Crippen molar-refractivity contribution in [3.63, 3.8) is 0 Å². The number of nitrogens with zero attached hydrogens (tertiary/aromatic N) is 1. The molecule has 0 unspecified atom stereocenters. The smallest absolute Gasteiger partial charge is 0.335 e. The van der Waals surface area contributed by atoms with Gasteiger partial charge >= 0.3 is 11.9 Å². The van der Waals surface area contributed by atoms with Crippen LogP contribution in [-0.4, -0.2) is 75.1 Å². The highest BCUT2D eigenvalue weighted by molar-refractivity contribution is 5.83. The monoisotopic (exact) mass is 366 g/mol. The first-order chi connectivity index (χ1) is 12.4. The summed E-state index contributed by atoms with van der Waals surface area (Å²) in [6.07, 6.45) is -1.75. The molecular formula is C18H26N2O6. The lowest BCUT2D eigenvalue weighted by atomic mass is 9.94. The van der Waals surface area contributed by atoms with Crippen molar-refractivity contribution in [3.8, 4) is 0 Å². The van der Waals surface area contributed by atoms with Crippen molar-refractivity contribution in [2.75, 3.05) is 19.6 Å². The van der Waals surface area contributed by atoms with Gasteiger partial charge < -0.3 is 25.7 Å². The fourth-order valence-electron chi connectivity index (χ4n) is 3.38. The van der Waals surface area contributed by atoms with Crippen molar-refractivity contribution in [1.29, 1.82) is 0 Å². The molecule has 2 fully saturated rings. The van der Waals surface area contributed by atoms with Crippen LogP contribution in [0.1, 0.15) is 18.4 Å². The molecule has 4 atom stereocenters. The molecule has 0 amide bonds. The Hall–Kier alpha value is -2.00. The summed E-state index contributed by atoms with van der Waals surface area (Å²) in [5.74, 6) is -2.64. The molecule has 0 aliphatic carbocycles. The molecule has 144 valence electrons. The Morgan fingerprint density at radius 2 is 1.69 bits per heavy atom. The number of carboxylic acids is 2. The molecule has 8 nitrogen and oxygen atoms in total. The van der Waals surface area contributed by atoms with E-state index in [9.17, 15) is 9.59 Å². The lowest BCUT2D eigenvalue weighted by Crippen LogP contribution is -2.40. The number of aliphatic hydroxyl groups excluding tert-OH is 2. The third-order valence-electron chi connectivity index (χ3n) is 4.73. The molecule has 2 aliphatic rings. The van der Waals surface area contributed by atoms with Crippen molar-refractivity contribution >= 4 is 11.9 Å². The summed E-state index contributed by atoms with van der Waals surface area (Å²) in [7, 11) is 0. The molecule has 1 aromatic carbocycles. The van der Waals surface area contributed by atoms with Gasteiger partial charge in [-0.3, -0.25) is 4.90 Å². The highest BCUT2D eigenvalue weighted by atomic mass is 16.4. The van der Waals surface area contributed by atoms with Gasteiger partial charge in [0.25, 0.3) is 0 Å². The topological polar surface area (TPSA) is 130 Å². The first-order valence-electron chi connectivity index (χ1n) is 8.70. The van der Waals surface area contributed by atoms with Crippen LogP contribution in [0.2, 0.25) is 0 Å². The molecular weight excluding hydrogens is 340 g/mol. The van der Waals surface area contributed by atoms with E-state index in [0.29, 0.717) is 0 Å². The van der Waals surface area contributed by atoms with Gasteiger partial charge in [0.15, 0.2) is 12.2 Å². The van der Waals surface area contributed by atoms with Gasteiger partial charge in [-0.25, -0.2) is 9.59 Å². The van der Waals surface area contributed by atoms with Gasteiger partial charge in [-0.05, 0) is 30.9 Å². The van der Waals surface area contributed by atoms with E-state index in [1.165, 1.54) is 38.0 Å². The van der Waals surface area contributed by atoms with Crippen LogP contribution in [0.5, 0.6) is 0 Å². The highest BCUT2D eigenvalue weighted by Crippen LogP contribution is 2.25. The zero-order valence-corrected chi connectivity index (χ0v) is 14.5. The minimum Gasteiger partial charge on any atom is -0.479 e. The number of aliphatic carboxylic acids is 2. The van der Waals surface area contributed by atoms with Crippen LogP contribution in [0, 0.1) is 5.92 Å². The van der Waals surface area contributed by atoms with Crippen LogP contribution < -0.4 is 5.32 Å². The van der Waals surface area contributed by atoms with Crippen molar-refractivity contribution in [2.24, 2.45) is 5.92 Å². The summed E-state index contributed by atoms with van der Waals surface area (Å²) in [5, 5.41) is 36.2. The number of likely N-dealkylation sites (tertiary alicyclic amines) is 1. The van der Waals surface area contributed by atoms with E-state index in [-0.39, 0.29) is 0 Å². The maximum absolute atomic E-state index is 9.77. The van der Waals surface area contributed by atoms with Crippen LogP contribution in [0.4, 0.5) is 0 Å². The first kappa shape index (κ1) is 20.3. The quantitative estimate of drug-likeness (QED) is 0.482. The lowest BCUT2D eigenvalue weighted by molar-refractivity contribution is -0.165. The number of carbonyl (C=O) groups is 2. The number of hydrogen-bond acceptors (Lipinski definition) is 6. The number of rotatable bonds is 5. The summed E-state index contributed by atoms with van der Waals surface area (Å²) < 4.78 is 0. The van der Waals surface area contributed by atoms with Crippen molar-refractivity contribution in [3.05, 3.63) is 35.9 Å². The van der Waals surface area contributed by atoms with E-state index < -0.39 is 24.1 Å². The Morgan fingerprint density at radius 1 is 1.08 bits per heavy atom. The second-order valence-electron chi connectivity index (χ2n) is 6.71. The Balaban J connectivity index is 0.000000213. The second kappa shape index (κ2) is 9.63. The SMILES string of the molecule is O=C(O)[C@@H](O)[C@H](O)C(=O)O.c1ccc(CN2C[C@@H]3CCCN[C@@H]3C2)cc1. The Labute approximate surface area is 152 Å². The zero-order chi connectivity index (χ0) is 19.1. The van der Waals surface area contributed by atoms with Gasteiger partial charge in [-0.1, -0.05) is 30.3 Å². The highest BCUT2D eigenvalue weighted by Gasteiger charge is 2.33. The number of fused-ring (bicyclic) bond motifs is 1. The van der Waals surface area contributed by atoms with E-state index in [1.54, 1.807) is 0 Å². The first-order valence-corrected chi connectivity index (χ1v) is 8.70. The number of carboxylic acid groups (broad SMARTS) is 2. The summed E-state index contributed by atoms with van der Waals surface area (Å²) in [6.45, 7) is 4.86. The lowest BCUT2D eigenvalue weighted by Gasteiger charge is -2.24. The van der Waals surface area contributed by atoms with Gasteiger partial charge in [0.1, 0.15) is 0 Å². The van der Waals surface area contributed by atoms with Crippen LogP contribution in [0.3, 0.4) is 0 Å². The van der Waals surface area contributed by atoms with Gasteiger partial charge in [-0.15, -0.1) is 0 Å². The maximum Gasteiger partial charge on any atom is 0.335 e. The molecule has 1 aromatic rings. The molecule has 0 aromatic heterocycles. The standard InChI is InChI=1S/C14H20N2.C4H6O6/c1-2-5-12(6-3-1)9-16-10-13-7-4-8-15-14(13)11-16;5-1(3(7)8)2(6)4(9)10/h1-3,5-6,13-15H,4,7-11H2;1-2,5-6H,(H,7,8)(H,9,10)/t13-,14+;1-,2-/m00/s1. The van der Waals surface area contributed by atoms with E-state index in [4.69, 9.17) is 20.4 Å². The molecule has 0 spiro atoms. The molecule has 2 aliphatic heterocycles. The fourth-order valence-corrected chi connectivity index (χ4v) is 3.38. The number of aliphatic hydroxyl groups is 2. The Bertz CT molecular complexity index is 565. The summed E-state index contributed by atoms with van der Waals surface area (Å²) in [5.41, 5.74) is 1.45. The van der Waals surface area contributed by atoms with Crippen molar-refractivity contribution in [2.45, 2.75) is 37.6 Å². The molecule has 3 rings (SSSR count). The average Bonchev–Trinajstić information content (AvgIpc) is 3.03. The molecule has 2 heterocycles. The van der Waals surface area contributed by atoms with Gasteiger partial charge in [0.05, 0.1) is 0 Å². The Kier molecular flexibility index (Phi) is 7.52. The summed E-state index contributed by atoms with van der Waals surface area (Å²) in [4.78, 5) is 22.1. The molecule has 26 heavy (non-hydrogen) atoms. The van der Waals surface area contributed by atoms with Crippen LogP contribution >= 0.6 is 0 Å². The normalized spacial score (nSPS) is 24.7. The third kappa shape index (κ3) is 5.77. The number of nitrogens with one attached hydrogen (secondary N) is 1. The van der Waals surface area contributed by atoms with Crippen LogP contribution in [-0.2, 0) is 16.1 Å². The minimum absolute atomic E-state index is 0.762. The number of benzene rings is 1. The van der Waals surface area contributed by atoms with Gasteiger partial charge in [-0.2, -0.15) is 0 Å². The summed E-state index contributed by atoms with van der Waals surface area (Å²) >= 11 is 0. The van der Waals surface area contributed by atoms with E-state index in [0.717, 1.165) is 18.5 Å². The van der Waals surface area contributed by atoms with Gasteiger partial charge in [0, 0.05) is 25.7 Å². The maximum atomic E-state index is 9.77. The van der Waals surface area contributed by atoms with Gasteiger partial charge in [0.2, 0.25) is 0 Å². The molecule has 2 saturated heterocycles.